The Bertz CT molecular complexity index is 686. The van der Waals surface area contributed by atoms with Crippen LogP contribution < -0.4 is 0 Å². The maximum Gasteiger partial charge on any atom is 0.137 e. The predicted molar refractivity (Wildman–Crippen MR) is 75.0 cm³/mol. The number of fused-ring (bicyclic) bond motifs is 1. The number of hydrogen-bond donors (Lipinski definition) is 0. The van der Waals surface area contributed by atoms with E-state index in [2.05, 4.69) is 23.5 Å². The molecular formula is C15H13ClN2. The summed E-state index contributed by atoms with van der Waals surface area (Å²) < 4.78 is 2.07. The highest BCUT2D eigenvalue weighted by atomic mass is 35.5. The number of hydrogen-bond acceptors (Lipinski definition) is 1. The molecule has 2 nitrogen and oxygen atoms in total. The molecule has 0 amide bonds. The zero-order valence-corrected chi connectivity index (χ0v) is 10.9. The van der Waals surface area contributed by atoms with E-state index in [0.717, 1.165) is 28.3 Å². The van der Waals surface area contributed by atoms with Crippen molar-refractivity contribution in [2.75, 3.05) is 0 Å². The molecule has 90 valence electrons. The molecule has 3 rings (SSSR count). The van der Waals surface area contributed by atoms with Crippen molar-refractivity contribution in [2.45, 2.75) is 13.3 Å². The summed E-state index contributed by atoms with van der Waals surface area (Å²) in [5.74, 6) is 0. The second-order valence-corrected chi connectivity index (χ2v) is 4.64. The quantitative estimate of drug-likeness (QED) is 0.671. The Hall–Kier alpha value is -1.80. The van der Waals surface area contributed by atoms with Crippen molar-refractivity contribution in [2.24, 2.45) is 0 Å². The fourth-order valence-corrected chi connectivity index (χ4v) is 2.39. The van der Waals surface area contributed by atoms with E-state index in [9.17, 15) is 0 Å². The van der Waals surface area contributed by atoms with Gasteiger partial charge in [-0.05, 0) is 18.6 Å². The average Bonchev–Trinajstić information content (AvgIpc) is 2.77. The Morgan fingerprint density at radius 3 is 2.61 bits per heavy atom. The van der Waals surface area contributed by atoms with E-state index in [0.29, 0.717) is 0 Å². The van der Waals surface area contributed by atoms with Gasteiger partial charge in [0.2, 0.25) is 0 Å². The van der Waals surface area contributed by atoms with Crippen molar-refractivity contribution < 1.29 is 0 Å². The zero-order valence-electron chi connectivity index (χ0n) is 10.1. The van der Waals surface area contributed by atoms with Crippen LogP contribution in [-0.2, 0) is 6.42 Å². The number of nitrogens with zero attached hydrogens (tertiary/aromatic N) is 2. The van der Waals surface area contributed by atoms with Gasteiger partial charge < -0.3 is 4.40 Å². The third kappa shape index (κ3) is 1.79. The molecule has 0 saturated carbocycles. The summed E-state index contributed by atoms with van der Waals surface area (Å²) in [4.78, 5) is 4.70. The predicted octanol–water partition coefficient (Wildman–Crippen LogP) is 4.22. The molecular weight excluding hydrogens is 244 g/mol. The lowest BCUT2D eigenvalue weighted by Gasteiger charge is -2.02. The highest BCUT2D eigenvalue weighted by molar-refractivity contribution is 6.30. The average molecular weight is 257 g/mol. The lowest BCUT2D eigenvalue weighted by molar-refractivity contribution is 0.998. The van der Waals surface area contributed by atoms with Gasteiger partial charge in [0.1, 0.15) is 5.65 Å². The zero-order chi connectivity index (χ0) is 12.5. The second-order valence-electron chi connectivity index (χ2n) is 4.20. The van der Waals surface area contributed by atoms with Crippen LogP contribution in [0, 0.1) is 0 Å². The summed E-state index contributed by atoms with van der Waals surface area (Å²) in [5.41, 5.74) is 4.32. The van der Waals surface area contributed by atoms with Gasteiger partial charge in [0.05, 0.1) is 16.4 Å². The number of pyridine rings is 1. The Balaban J connectivity index is 2.30. The molecule has 0 saturated heterocycles. The van der Waals surface area contributed by atoms with Gasteiger partial charge in [0.25, 0.3) is 0 Å². The van der Waals surface area contributed by atoms with Crippen molar-refractivity contribution in [1.29, 1.82) is 0 Å². The van der Waals surface area contributed by atoms with E-state index in [1.54, 1.807) is 0 Å². The van der Waals surface area contributed by atoms with Crippen molar-refractivity contribution in [3.8, 4) is 11.3 Å². The minimum atomic E-state index is 0.731. The number of aryl methyl sites for hydroxylation is 1. The normalized spacial score (nSPS) is 11.0. The third-order valence-electron chi connectivity index (χ3n) is 3.06. The van der Waals surface area contributed by atoms with Crippen LogP contribution in [0.2, 0.25) is 5.02 Å². The third-order valence-corrected chi connectivity index (χ3v) is 3.29. The van der Waals surface area contributed by atoms with Gasteiger partial charge >= 0.3 is 0 Å². The summed E-state index contributed by atoms with van der Waals surface area (Å²) in [6.07, 6.45) is 2.85. The summed E-state index contributed by atoms with van der Waals surface area (Å²) in [7, 11) is 0. The maximum atomic E-state index is 6.05. The van der Waals surface area contributed by atoms with E-state index in [4.69, 9.17) is 16.6 Å². The van der Waals surface area contributed by atoms with Crippen molar-refractivity contribution >= 4 is 17.2 Å². The first-order valence-electron chi connectivity index (χ1n) is 6.01. The highest BCUT2D eigenvalue weighted by Gasteiger charge is 2.12. The van der Waals surface area contributed by atoms with Gasteiger partial charge in [-0.15, -0.1) is 0 Å². The fraction of sp³-hybridized carbons (Fsp3) is 0.133. The number of halogens is 1. The first-order chi connectivity index (χ1) is 8.79. The number of aromatic nitrogens is 2. The number of imidazole rings is 1. The van der Waals surface area contributed by atoms with Crippen LogP contribution >= 0.6 is 11.6 Å². The Labute approximate surface area is 111 Å². The highest BCUT2D eigenvalue weighted by Crippen LogP contribution is 2.25. The molecule has 3 aromatic rings. The molecule has 0 bridgehead atoms. The topological polar surface area (TPSA) is 17.3 Å². The molecule has 0 spiro atoms. The first kappa shape index (κ1) is 11.3. The van der Waals surface area contributed by atoms with Gasteiger partial charge in [0.15, 0.2) is 0 Å². The van der Waals surface area contributed by atoms with Crippen LogP contribution in [0.5, 0.6) is 0 Å². The van der Waals surface area contributed by atoms with Gasteiger partial charge in [-0.25, -0.2) is 4.98 Å². The summed E-state index contributed by atoms with van der Waals surface area (Å²) in [5, 5.41) is 0.731. The molecule has 18 heavy (non-hydrogen) atoms. The monoisotopic (exact) mass is 256 g/mol. The SMILES string of the molecule is CCc1c(-c2ccccc2)nc2ccc(Cl)cn12. The molecule has 3 heteroatoms. The van der Waals surface area contributed by atoms with Crippen LogP contribution in [0.1, 0.15) is 12.6 Å². The lowest BCUT2D eigenvalue weighted by atomic mass is 10.1. The Morgan fingerprint density at radius 1 is 1.11 bits per heavy atom. The molecule has 0 aliphatic heterocycles. The van der Waals surface area contributed by atoms with E-state index >= 15 is 0 Å². The van der Waals surface area contributed by atoms with Crippen LogP contribution in [0.4, 0.5) is 0 Å². The standard InChI is InChI=1S/C15H13ClN2/c1-2-13-15(11-6-4-3-5-7-11)17-14-9-8-12(16)10-18(13)14/h3-10H,2H2,1H3. The molecule has 0 radical (unpaired) electrons. The first-order valence-corrected chi connectivity index (χ1v) is 6.39. The van der Waals surface area contributed by atoms with Crippen LogP contribution in [0.3, 0.4) is 0 Å². The molecule has 0 aliphatic carbocycles. The van der Waals surface area contributed by atoms with Crippen molar-refractivity contribution in [3.05, 3.63) is 59.4 Å². The van der Waals surface area contributed by atoms with Gasteiger partial charge in [-0.1, -0.05) is 48.9 Å². The maximum absolute atomic E-state index is 6.05. The minimum Gasteiger partial charge on any atom is -0.302 e. The Kier molecular flexibility index (Phi) is 2.80. The molecule has 0 unspecified atom stereocenters. The van der Waals surface area contributed by atoms with E-state index in [1.807, 2.05) is 36.5 Å². The van der Waals surface area contributed by atoms with Crippen LogP contribution in [-0.4, -0.2) is 9.38 Å². The molecule has 2 heterocycles. The van der Waals surface area contributed by atoms with Crippen LogP contribution in [0.25, 0.3) is 16.9 Å². The summed E-state index contributed by atoms with van der Waals surface area (Å²) >= 11 is 6.05. The van der Waals surface area contributed by atoms with E-state index in [1.165, 1.54) is 5.69 Å². The largest absolute Gasteiger partial charge is 0.302 e. The molecule has 0 N–H and O–H groups in total. The van der Waals surface area contributed by atoms with E-state index in [-0.39, 0.29) is 0 Å². The summed E-state index contributed by atoms with van der Waals surface area (Å²) in [6, 6.07) is 14.1. The smallest absolute Gasteiger partial charge is 0.137 e. The molecule has 0 fully saturated rings. The molecule has 0 atom stereocenters. The fourth-order valence-electron chi connectivity index (χ4n) is 2.23. The summed E-state index contributed by atoms with van der Waals surface area (Å²) in [6.45, 7) is 2.14. The second kappa shape index (κ2) is 4.46. The van der Waals surface area contributed by atoms with Gasteiger partial charge in [-0.2, -0.15) is 0 Å². The van der Waals surface area contributed by atoms with Crippen molar-refractivity contribution in [1.82, 2.24) is 9.38 Å². The number of rotatable bonds is 2. The lowest BCUT2D eigenvalue weighted by Crippen LogP contribution is -1.92. The van der Waals surface area contributed by atoms with Gasteiger partial charge in [-0.3, -0.25) is 0 Å². The number of benzene rings is 1. The van der Waals surface area contributed by atoms with Gasteiger partial charge in [0, 0.05) is 11.8 Å². The molecule has 2 aromatic heterocycles. The Morgan fingerprint density at radius 2 is 1.89 bits per heavy atom. The van der Waals surface area contributed by atoms with Crippen molar-refractivity contribution in [3.63, 3.8) is 0 Å². The van der Waals surface area contributed by atoms with E-state index < -0.39 is 0 Å². The molecule has 1 aromatic carbocycles. The van der Waals surface area contributed by atoms with Crippen LogP contribution in [0.15, 0.2) is 48.7 Å². The minimum absolute atomic E-state index is 0.731. The molecule has 0 aliphatic rings.